The van der Waals surface area contributed by atoms with Crippen LogP contribution in [0.15, 0.2) is 33.6 Å². The molecule has 0 radical (unpaired) electrons. The molecule has 1 aliphatic heterocycles. The SMILES string of the molecule is CSc1ccc(-c2nc(CN3CCCC(CN)C3)c(C)o2)cc1. The fourth-order valence-electron chi connectivity index (χ4n) is 3.13. The van der Waals surface area contributed by atoms with E-state index in [9.17, 15) is 0 Å². The maximum Gasteiger partial charge on any atom is 0.226 e. The van der Waals surface area contributed by atoms with Gasteiger partial charge in [-0.1, -0.05) is 0 Å². The summed E-state index contributed by atoms with van der Waals surface area (Å²) in [6.07, 6.45) is 4.55. The number of rotatable bonds is 5. The minimum Gasteiger partial charge on any atom is -0.441 e. The van der Waals surface area contributed by atoms with Gasteiger partial charge in [0, 0.05) is 23.5 Å². The largest absolute Gasteiger partial charge is 0.441 e. The number of nitrogens with zero attached hydrogens (tertiary/aromatic N) is 2. The summed E-state index contributed by atoms with van der Waals surface area (Å²) in [5.74, 6) is 2.26. The van der Waals surface area contributed by atoms with Gasteiger partial charge in [0.15, 0.2) is 0 Å². The van der Waals surface area contributed by atoms with Crippen LogP contribution in [0.4, 0.5) is 0 Å². The van der Waals surface area contributed by atoms with E-state index in [4.69, 9.17) is 15.1 Å². The Bertz CT molecular complexity index is 638. The van der Waals surface area contributed by atoms with Crippen LogP contribution in [0.1, 0.15) is 24.3 Å². The van der Waals surface area contributed by atoms with Crippen molar-refractivity contribution in [1.29, 1.82) is 0 Å². The number of thioether (sulfide) groups is 1. The van der Waals surface area contributed by atoms with Crippen molar-refractivity contribution in [2.45, 2.75) is 31.2 Å². The number of hydrogen-bond donors (Lipinski definition) is 1. The van der Waals surface area contributed by atoms with Crippen molar-refractivity contribution in [1.82, 2.24) is 9.88 Å². The molecule has 3 rings (SSSR count). The molecule has 1 fully saturated rings. The van der Waals surface area contributed by atoms with Gasteiger partial charge in [-0.25, -0.2) is 4.98 Å². The number of nitrogens with two attached hydrogens (primary N) is 1. The quantitative estimate of drug-likeness (QED) is 0.849. The molecule has 1 aromatic heterocycles. The Balaban J connectivity index is 1.72. The van der Waals surface area contributed by atoms with Crippen LogP contribution in [0.3, 0.4) is 0 Å². The molecule has 1 aromatic carbocycles. The topological polar surface area (TPSA) is 55.3 Å². The van der Waals surface area contributed by atoms with Gasteiger partial charge in [0.2, 0.25) is 5.89 Å². The van der Waals surface area contributed by atoms with E-state index in [1.807, 2.05) is 6.92 Å². The number of likely N-dealkylation sites (tertiary alicyclic amines) is 1. The summed E-state index contributed by atoms with van der Waals surface area (Å²) in [5.41, 5.74) is 7.92. The Hall–Kier alpha value is -1.30. The maximum atomic E-state index is 5.90. The highest BCUT2D eigenvalue weighted by molar-refractivity contribution is 7.98. The predicted molar refractivity (Wildman–Crippen MR) is 95.5 cm³/mol. The minimum absolute atomic E-state index is 0.620. The summed E-state index contributed by atoms with van der Waals surface area (Å²) in [6, 6.07) is 8.36. The molecular formula is C18H25N3OS. The van der Waals surface area contributed by atoms with Crippen molar-refractivity contribution in [2.24, 2.45) is 11.7 Å². The Morgan fingerprint density at radius 1 is 1.35 bits per heavy atom. The third-order valence-electron chi connectivity index (χ3n) is 4.54. The summed E-state index contributed by atoms with van der Waals surface area (Å²) in [5, 5.41) is 0. The van der Waals surface area contributed by atoms with Crippen LogP contribution >= 0.6 is 11.8 Å². The van der Waals surface area contributed by atoms with Gasteiger partial charge in [-0.05, 0) is 69.3 Å². The first-order valence-electron chi connectivity index (χ1n) is 8.22. The van der Waals surface area contributed by atoms with Crippen LogP contribution in [-0.4, -0.2) is 35.8 Å². The lowest BCUT2D eigenvalue weighted by atomic mass is 9.98. The zero-order valence-corrected chi connectivity index (χ0v) is 14.7. The number of oxazole rings is 1. The number of benzene rings is 1. The standard InChI is InChI=1S/C18H25N3OS/c1-13-17(12-21-9-3-4-14(10-19)11-21)20-18(22-13)15-5-7-16(23-2)8-6-15/h5-8,14H,3-4,9-12,19H2,1-2H3. The van der Waals surface area contributed by atoms with E-state index in [0.29, 0.717) is 5.92 Å². The van der Waals surface area contributed by atoms with Crippen LogP contribution in [0.2, 0.25) is 0 Å². The fourth-order valence-corrected chi connectivity index (χ4v) is 3.54. The summed E-state index contributed by atoms with van der Waals surface area (Å²) in [4.78, 5) is 8.43. The van der Waals surface area contributed by atoms with Crippen molar-refractivity contribution in [3.63, 3.8) is 0 Å². The van der Waals surface area contributed by atoms with Gasteiger partial charge in [0.1, 0.15) is 5.76 Å². The van der Waals surface area contributed by atoms with E-state index >= 15 is 0 Å². The van der Waals surface area contributed by atoms with Crippen molar-refractivity contribution >= 4 is 11.8 Å². The average Bonchev–Trinajstić information content (AvgIpc) is 2.96. The molecule has 1 atom stereocenters. The molecule has 0 bridgehead atoms. The third-order valence-corrected chi connectivity index (χ3v) is 5.28. The maximum absolute atomic E-state index is 5.90. The number of piperidine rings is 1. The first kappa shape index (κ1) is 16.6. The van der Waals surface area contributed by atoms with E-state index in [2.05, 4.69) is 35.4 Å². The van der Waals surface area contributed by atoms with E-state index < -0.39 is 0 Å². The molecule has 124 valence electrons. The van der Waals surface area contributed by atoms with Gasteiger partial charge in [0.25, 0.3) is 0 Å². The van der Waals surface area contributed by atoms with Crippen LogP contribution in [0, 0.1) is 12.8 Å². The van der Waals surface area contributed by atoms with E-state index in [1.54, 1.807) is 11.8 Å². The second kappa shape index (κ2) is 7.51. The highest BCUT2D eigenvalue weighted by Gasteiger charge is 2.21. The van der Waals surface area contributed by atoms with Gasteiger partial charge in [-0.3, -0.25) is 4.90 Å². The van der Waals surface area contributed by atoms with Crippen molar-refractivity contribution in [3.05, 3.63) is 35.7 Å². The van der Waals surface area contributed by atoms with Gasteiger partial charge in [0.05, 0.1) is 5.69 Å². The highest BCUT2D eigenvalue weighted by atomic mass is 32.2. The lowest BCUT2D eigenvalue weighted by Crippen LogP contribution is -2.38. The molecule has 23 heavy (non-hydrogen) atoms. The first-order chi connectivity index (χ1) is 11.2. The van der Waals surface area contributed by atoms with Crippen LogP contribution in [-0.2, 0) is 6.54 Å². The number of aryl methyl sites for hydroxylation is 1. The summed E-state index contributed by atoms with van der Waals surface area (Å²) in [7, 11) is 0. The second-order valence-electron chi connectivity index (χ2n) is 6.23. The Morgan fingerprint density at radius 3 is 2.83 bits per heavy atom. The molecule has 1 saturated heterocycles. The normalized spacial score (nSPS) is 19.2. The smallest absolute Gasteiger partial charge is 0.226 e. The molecule has 4 nitrogen and oxygen atoms in total. The molecule has 2 aromatic rings. The monoisotopic (exact) mass is 331 g/mol. The zero-order chi connectivity index (χ0) is 16.2. The van der Waals surface area contributed by atoms with E-state index in [0.717, 1.165) is 49.1 Å². The predicted octanol–water partition coefficient (Wildman–Crippen LogP) is 3.54. The summed E-state index contributed by atoms with van der Waals surface area (Å²) >= 11 is 1.74. The Kier molecular flexibility index (Phi) is 5.41. The molecule has 2 heterocycles. The van der Waals surface area contributed by atoms with Gasteiger partial charge in [-0.15, -0.1) is 11.8 Å². The van der Waals surface area contributed by atoms with E-state index in [1.165, 1.54) is 17.7 Å². The Labute approximate surface area is 142 Å². The molecular weight excluding hydrogens is 306 g/mol. The minimum atomic E-state index is 0.620. The number of aromatic nitrogens is 1. The molecule has 2 N–H and O–H groups in total. The summed E-state index contributed by atoms with van der Waals surface area (Å²) in [6.45, 7) is 5.84. The molecule has 1 unspecified atom stereocenters. The van der Waals surface area contributed by atoms with Gasteiger partial charge < -0.3 is 10.2 Å². The van der Waals surface area contributed by atoms with Crippen molar-refractivity contribution in [2.75, 3.05) is 25.9 Å². The van der Waals surface area contributed by atoms with Crippen LogP contribution in [0.25, 0.3) is 11.5 Å². The third kappa shape index (κ3) is 3.97. The molecule has 0 saturated carbocycles. The highest BCUT2D eigenvalue weighted by Crippen LogP contribution is 2.26. The van der Waals surface area contributed by atoms with Gasteiger partial charge in [-0.2, -0.15) is 0 Å². The first-order valence-corrected chi connectivity index (χ1v) is 9.45. The van der Waals surface area contributed by atoms with E-state index in [-0.39, 0.29) is 0 Å². The fraction of sp³-hybridized carbons (Fsp3) is 0.500. The zero-order valence-electron chi connectivity index (χ0n) is 13.9. The molecule has 0 aliphatic carbocycles. The van der Waals surface area contributed by atoms with Crippen molar-refractivity contribution in [3.8, 4) is 11.5 Å². The second-order valence-corrected chi connectivity index (χ2v) is 7.11. The lowest BCUT2D eigenvalue weighted by Gasteiger charge is -2.31. The van der Waals surface area contributed by atoms with Crippen LogP contribution < -0.4 is 5.73 Å². The summed E-state index contributed by atoms with van der Waals surface area (Å²) < 4.78 is 5.90. The molecule has 0 spiro atoms. The molecule has 0 amide bonds. The van der Waals surface area contributed by atoms with Crippen molar-refractivity contribution < 1.29 is 4.42 Å². The van der Waals surface area contributed by atoms with Crippen LogP contribution in [0.5, 0.6) is 0 Å². The Morgan fingerprint density at radius 2 is 2.13 bits per heavy atom. The average molecular weight is 331 g/mol. The number of hydrogen-bond acceptors (Lipinski definition) is 5. The lowest BCUT2D eigenvalue weighted by molar-refractivity contribution is 0.169. The van der Waals surface area contributed by atoms with Gasteiger partial charge >= 0.3 is 0 Å². The molecule has 1 aliphatic rings. The molecule has 5 heteroatoms.